The molecular weight excluding hydrogens is 466 g/mol. The molecule has 3 aromatic carbocycles. The molecule has 0 fully saturated rings. The predicted molar refractivity (Wildman–Crippen MR) is 147 cm³/mol. The van der Waals surface area contributed by atoms with Crippen molar-refractivity contribution in [1.29, 1.82) is 0 Å². The quantitative estimate of drug-likeness (QED) is 0.255. The van der Waals surface area contributed by atoms with Crippen molar-refractivity contribution in [3.05, 3.63) is 100 Å². The third kappa shape index (κ3) is 6.73. The fraction of sp³-hybridized carbons (Fsp3) is 0.258. The number of rotatable bonds is 6. The Bertz CT molecular complexity index is 1320. The van der Waals surface area contributed by atoms with Gasteiger partial charge in [0.05, 0.1) is 5.56 Å². The first-order valence-electron chi connectivity index (χ1n) is 12.0. The highest BCUT2D eigenvalue weighted by atomic mass is 16.4. The van der Waals surface area contributed by atoms with Gasteiger partial charge in [-0.3, -0.25) is 9.59 Å². The summed E-state index contributed by atoms with van der Waals surface area (Å²) < 4.78 is 0. The van der Waals surface area contributed by atoms with E-state index < -0.39 is 5.97 Å². The molecule has 1 amide bonds. The fourth-order valence-electron chi connectivity index (χ4n) is 3.83. The summed E-state index contributed by atoms with van der Waals surface area (Å²) in [5.74, 6) is -1.31. The third-order valence-electron chi connectivity index (χ3n) is 6.00. The van der Waals surface area contributed by atoms with Crippen molar-refractivity contribution < 1.29 is 24.6 Å². The molecular formula is C31H33NO5. The van der Waals surface area contributed by atoms with E-state index in [0.717, 1.165) is 16.7 Å². The Labute approximate surface area is 217 Å². The molecule has 0 aromatic heterocycles. The lowest BCUT2D eigenvalue weighted by Gasteiger charge is -2.27. The van der Waals surface area contributed by atoms with E-state index in [1.165, 1.54) is 30.3 Å². The number of carboxylic acid groups (broad SMARTS) is 1. The summed E-state index contributed by atoms with van der Waals surface area (Å²) in [5.41, 5.74) is 3.10. The van der Waals surface area contributed by atoms with E-state index in [-0.39, 0.29) is 33.8 Å². The number of anilines is 1. The van der Waals surface area contributed by atoms with Gasteiger partial charge in [0.1, 0.15) is 5.75 Å². The van der Waals surface area contributed by atoms with E-state index in [1.54, 1.807) is 42.5 Å². The number of aromatic hydroxyl groups is 1. The SMILES string of the molecule is CC(C)(C)c1cc(C(=O)C=Cc2ccc(C(=O)Nc3ccc(C(=O)O)cc3)cc2)cc(C(C)(C)C)c1O. The first kappa shape index (κ1) is 27.4. The molecule has 6 heteroatoms. The Morgan fingerprint density at radius 1 is 0.730 bits per heavy atom. The molecule has 3 N–H and O–H groups in total. The van der Waals surface area contributed by atoms with Crippen LogP contribution in [0.15, 0.2) is 66.7 Å². The minimum atomic E-state index is -1.03. The van der Waals surface area contributed by atoms with Crippen LogP contribution in [-0.2, 0) is 10.8 Å². The van der Waals surface area contributed by atoms with E-state index >= 15 is 0 Å². The van der Waals surface area contributed by atoms with Crippen LogP contribution >= 0.6 is 0 Å². The number of ketones is 1. The van der Waals surface area contributed by atoms with Gasteiger partial charge in [-0.1, -0.05) is 59.8 Å². The number of carboxylic acids is 1. The second kappa shape index (κ2) is 10.4. The van der Waals surface area contributed by atoms with Gasteiger partial charge in [0.15, 0.2) is 5.78 Å². The normalized spacial score (nSPS) is 11.9. The van der Waals surface area contributed by atoms with Crippen molar-refractivity contribution in [3.8, 4) is 5.75 Å². The number of carbonyl (C=O) groups is 3. The molecule has 0 aliphatic rings. The lowest BCUT2D eigenvalue weighted by Crippen LogP contribution is -2.18. The summed E-state index contributed by atoms with van der Waals surface area (Å²) in [7, 11) is 0. The number of phenols is 1. The van der Waals surface area contributed by atoms with Crippen LogP contribution in [0, 0.1) is 0 Å². The molecule has 3 aromatic rings. The molecule has 0 heterocycles. The summed E-state index contributed by atoms with van der Waals surface area (Å²) in [6.45, 7) is 12.0. The molecule has 0 bridgehead atoms. The van der Waals surface area contributed by atoms with Crippen LogP contribution in [0.2, 0.25) is 0 Å². The largest absolute Gasteiger partial charge is 0.507 e. The van der Waals surface area contributed by atoms with Gasteiger partial charge in [-0.25, -0.2) is 4.79 Å². The number of amides is 1. The second-order valence-electron chi connectivity index (χ2n) is 11.1. The number of nitrogens with one attached hydrogen (secondary N) is 1. The van der Waals surface area contributed by atoms with Gasteiger partial charge in [-0.2, -0.15) is 0 Å². The first-order chi connectivity index (χ1) is 17.2. The highest BCUT2D eigenvalue weighted by molar-refractivity contribution is 6.07. The number of aromatic carboxylic acids is 1. The number of benzene rings is 3. The van der Waals surface area contributed by atoms with Gasteiger partial charge in [-0.05, 0) is 71.0 Å². The number of carbonyl (C=O) groups excluding carboxylic acids is 2. The smallest absolute Gasteiger partial charge is 0.335 e. The van der Waals surface area contributed by atoms with E-state index in [2.05, 4.69) is 5.32 Å². The first-order valence-corrected chi connectivity index (χ1v) is 12.0. The number of phenolic OH excluding ortho intramolecular Hbond substituents is 1. The highest BCUT2D eigenvalue weighted by Gasteiger charge is 2.27. The zero-order valence-corrected chi connectivity index (χ0v) is 22.0. The molecule has 3 rings (SSSR count). The molecule has 0 radical (unpaired) electrons. The van der Waals surface area contributed by atoms with E-state index in [0.29, 0.717) is 16.8 Å². The van der Waals surface area contributed by atoms with Gasteiger partial charge in [0.25, 0.3) is 5.91 Å². The summed E-state index contributed by atoms with van der Waals surface area (Å²) in [5, 5.41) is 22.6. The maximum absolute atomic E-state index is 13.1. The lowest BCUT2D eigenvalue weighted by atomic mass is 9.78. The average Bonchev–Trinajstić information content (AvgIpc) is 2.81. The van der Waals surface area contributed by atoms with Crippen molar-refractivity contribution in [2.45, 2.75) is 52.4 Å². The third-order valence-corrected chi connectivity index (χ3v) is 6.00. The summed E-state index contributed by atoms with van der Waals surface area (Å²) in [6, 6.07) is 16.2. The van der Waals surface area contributed by atoms with Crippen LogP contribution in [-0.4, -0.2) is 27.9 Å². The average molecular weight is 500 g/mol. The minimum absolute atomic E-state index is 0.139. The van der Waals surface area contributed by atoms with Gasteiger partial charge < -0.3 is 15.5 Å². The molecule has 37 heavy (non-hydrogen) atoms. The second-order valence-corrected chi connectivity index (χ2v) is 11.1. The topological polar surface area (TPSA) is 104 Å². The molecule has 0 aliphatic carbocycles. The Kier molecular flexibility index (Phi) is 7.72. The number of hydrogen-bond acceptors (Lipinski definition) is 4. The predicted octanol–water partition coefficient (Wildman–Crippen LogP) is 6.83. The monoisotopic (exact) mass is 499 g/mol. The molecule has 0 spiro atoms. The maximum Gasteiger partial charge on any atom is 0.335 e. The molecule has 6 nitrogen and oxygen atoms in total. The zero-order chi connectivity index (χ0) is 27.5. The van der Waals surface area contributed by atoms with Crippen LogP contribution in [0.5, 0.6) is 5.75 Å². The molecule has 0 aliphatic heterocycles. The molecule has 0 saturated carbocycles. The van der Waals surface area contributed by atoms with Crippen molar-refractivity contribution in [1.82, 2.24) is 0 Å². The molecule has 0 atom stereocenters. The Balaban J connectivity index is 1.77. The number of allylic oxidation sites excluding steroid dienone is 1. The summed E-state index contributed by atoms with van der Waals surface area (Å²) >= 11 is 0. The van der Waals surface area contributed by atoms with Crippen LogP contribution in [0.1, 0.15) is 89.3 Å². The fourth-order valence-corrected chi connectivity index (χ4v) is 3.83. The van der Waals surface area contributed by atoms with Crippen LogP contribution in [0.25, 0.3) is 6.08 Å². The molecule has 192 valence electrons. The minimum Gasteiger partial charge on any atom is -0.507 e. The van der Waals surface area contributed by atoms with Crippen molar-refractivity contribution in [2.75, 3.05) is 5.32 Å². The van der Waals surface area contributed by atoms with E-state index in [4.69, 9.17) is 5.11 Å². The summed E-state index contributed by atoms with van der Waals surface area (Å²) in [4.78, 5) is 36.6. The van der Waals surface area contributed by atoms with Crippen molar-refractivity contribution in [3.63, 3.8) is 0 Å². The van der Waals surface area contributed by atoms with Crippen LogP contribution < -0.4 is 5.32 Å². The molecule has 0 unspecified atom stereocenters. The standard InChI is InChI=1S/C31H33NO5/c1-30(2,3)24-17-22(18-25(27(24)34)31(4,5)6)26(33)16-9-19-7-10-20(11-8-19)28(35)32-23-14-12-21(13-15-23)29(36)37/h7-18,34H,1-6H3,(H,32,35)(H,36,37). The maximum atomic E-state index is 13.1. The molecule has 0 saturated heterocycles. The highest BCUT2D eigenvalue weighted by Crippen LogP contribution is 2.40. The lowest BCUT2D eigenvalue weighted by molar-refractivity contribution is 0.0696. The van der Waals surface area contributed by atoms with E-state index in [9.17, 15) is 19.5 Å². The zero-order valence-electron chi connectivity index (χ0n) is 22.0. The Morgan fingerprint density at radius 3 is 1.68 bits per heavy atom. The van der Waals surface area contributed by atoms with Gasteiger partial charge in [0.2, 0.25) is 0 Å². The van der Waals surface area contributed by atoms with Crippen molar-refractivity contribution >= 4 is 29.4 Å². The van der Waals surface area contributed by atoms with Gasteiger partial charge in [-0.15, -0.1) is 0 Å². The number of hydrogen-bond donors (Lipinski definition) is 3. The Hall–Kier alpha value is -4.19. The Morgan fingerprint density at radius 2 is 1.22 bits per heavy atom. The van der Waals surface area contributed by atoms with E-state index in [1.807, 2.05) is 41.5 Å². The van der Waals surface area contributed by atoms with Crippen molar-refractivity contribution in [2.24, 2.45) is 0 Å². The van der Waals surface area contributed by atoms with Gasteiger partial charge >= 0.3 is 5.97 Å². The van der Waals surface area contributed by atoms with Crippen LogP contribution in [0.3, 0.4) is 0 Å². The van der Waals surface area contributed by atoms with Gasteiger partial charge in [0, 0.05) is 27.9 Å². The van der Waals surface area contributed by atoms with Crippen LogP contribution in [0.4, 0.5) is 5.69 Å². The summed E-state index contributed by atoms with van der Waals surface area (Å²) in [6.07, 6.45) is 3.18.